The van der Waals surface area contributed by atoms with Gasteiger partial charge in [-0.25, -0.2) is 8.42 Å². The molecule has 0 saturated carbocycles. The molecule has 1 saturated heterocycles. The van der Waals surface area contributed by atoms with Crippen LogP contribution in [-0.2, 0) is 9.84 Å². The van der Waals surface area contributed by atoms with Gasteiger partial charge in [0.05, 0.1) is 5.75 Å². The lowest BCUT2D eigenvalue weighted by molar-refractivity contribution is 0.270. The van der Waals surface area contributed by atoms with Gasteiger partial charge in [0.2, 0.25) is 0 Å². The normalized spacial score (nSPS) is 25.7. The highest BCUT2D eigenvalue weighted by Gasteiger charge is 2.26. The zero-order valence-electron chi connectivity index (χ0n) is 9.86. The molecule has 0 radical (unpaired) electrons. The minimum absolute atomic E-state index is 0.142. The second-order valence-electron chi connectivity index (χ2n) is 4.48. The largest absolute Gasteiger partial charge is 0.313 e. The molecular formula is C10H22N2O2S. The average molecular weight is 234 g/mol. The first kappa shape index (κ1) is 12.9. The first-order chi connectivity index (χ1) is 6.92. The van der Waals surface area contributed by atoms with Gasteiger partial charge in [-0.05, 0) is 19.9 Å². The second-order valence-corrected chi connectivity index (χ2v) is 6.66. The van der Waals surface area contributed by atoms with Gasteiger partial charge in [-0.15, -0.1) is 0 Å². The van der Waals surface area contributed by atoms with E-state index in [1.807, 2.05) is 6.92 Å². The van der Waals surface area contributed by atoms with Crippen LogP contribution in [0.2, 0.25) is 0 Å². The number of likely N-dealkylation sites (tertiary alicyclic amines) is 1. The lowest BCUT2D eigenvalue weighted by Gasteiger charge is -2.23. The first-order valence-electron chi connectivity index (χ1n) is 5.57. The van der Waals surface area contributed by atoms with Crippen molar-refractivity contribution in [1.29, 1.82) is 0 Å². The monoisotopic (exact) mass is 234 g/mol. The Kier molecular flexibility index (Phi) is 4.55. The summed E-state index contributed by atoms with van der Waals surface area (Å²) in [5, 5.41) is 3.40. The Hall–Kier alpha value is -0.130. The van der Waals surface area contributed by atoms with Crippen molar-refractivity contribution in [1.82, 2.24) is 10.2 Å². The van der Waals surface area contributed by atoms with E-state index >= 15 is 0 Å². The van der Waals surface area contributed by atoms with E-state index in [0.29, 0.717) is 6.04 Å². The Morgan fingerprint density at radius 1 is 1.53 bits per heavy atom. The minimum atomic E-state index is -2.85. The van der Waals surface area contributed by atoms with Crippen molar-refractivity contribution in [2.24, 2.45) is 0 Å². The highest BCUT2D eigenvalue weighted by Crippen LogP contribution is 2.13. The fraction of sp³-hybridized carbons (Fsp3) is 1.00. The average Bonchev–Trinajstić information content (AvgIpc) is 2.50. The molecule has 0 aromatic carbocycles. The fourth-order valence-corrected chi connectivity index (χ4v) is 3.27. The van der Waals surface area contributed by atoms with Gasteiger partial charge in [-0.3, -0.25) is 4.90 Å². The van der Waals surface area contributed by atoms with Crippen molar-refractivity contribution >= 4 is 9.84 Å². The van der Waals surface area contributed by atoms with Gasteiger partial charge >= 0.3 is 0 Å². The van der Waals surface area contributed by atoms with E-state index < -0.39 is 9.84 Å². The third-order valence-electron chi connectivity index (χ3n) is 2.88. The van der Waals surface area contributed by atoms with E-state index in [1.165, 1.54) is 6.26 Å². The van der Waals surface area contributed by atoms with Crippen LogP contribution in [0.1, 0.15) is 20.3 Å². The maximum Gasteiger partial charge on any atom is 0.148 e. The summed E-state index contributed by atoms with van der Waals surface area (Å²) in [7, 11) is -2.85. The molecule has 0 amide bonds. The van der Waals surface area contributed by atoms with Crippen LogP contribution in [0.15, 0.2) is 0 Å². The van der Waals surface area contributed by atoms with Crippen LogP contribution in [0.5, 0.6) is 0 Å². The molecule has 0 aliphatic carbocycles. The maximum absolute atomic E-state index is 11.2. The number of nitrogens with one attached hydrogen (secondary N) is 1. The molecule has 5 heteroatoms. The number of hydrogen-bond donors (Lipinski definition) is 1. The van der Waals surface area contributed by atoms with Crippen LogP contribution >= 0.6 is 0 Å². The number of nitrogens with zero attached hydrogens (tertiary/aromatic N) is 1. The van der Waals surface area contributed by atoms with Gasteiger partial charge in [-0.2, -0.15) is 0 Å². The van der Waals surface area contributed by atoms with Crippen LogP contribution in [0.4, 0.5) is 0 Å². The highest BCUT2D eigenvalue weighted by atomic mass is 32.2. The van der Waals surface area contributed by atoms with Gasteiger partial charge < -0.3 is 5.32 Å². The lowest BCUT2D eigenvalue weighted by Crippen LogP contribution is -2.39. The third kappa shape index (κ3) is 4.49. The summed E-state index contributed by atoms with van der Waals surface area (Å²) in [5.74, 6) is 0.270. The molecule has 1 heterocycles. The molecule has 1 aliphatic rings. The van der Waals surface area contributed by atoms with E-state index in [4.69, 9.17) is 0 Å². The van der Waals surface area contributed by atoms with E-state index in [9.17, 15) is 8.42 Å². The molecular weight excluding hydrogens is 212 g/mol. The van der Waals surface area contributed by atoms with Crippen molar-refractivity contribution in [3.8, 4) is 0 Å². The SMILES string of the molecule is CCNC1CCN(C(C)CS(C)(=O)=O)C1. The number of hydrogen-bond acceptors (Lipinski definition) is 4. The molecule has 1 fully saturated rings. The molecule has 1 aliphatic heterocycles. The molecule has 1 N–H and O–H groups in total. The predicted octanol–water partition coefficient (Wildman–Crippen LogP) is 0.103. The van der Waals surface area contributed by atoms with E-state index in [2.05, 4.69) is 17.1 Å². The molecule has 15 heavy (non-hydrogen) atoms. The summed E-state index contributed by atoms with van der Waals surface area (Å²) in [6.45, 7) is 7.07. The molecule has 4 nitrogen and oxygen atoms in total. The number of likely N-dealkylation sites (N-methyl/N-ethyl adjacent to an activating group) is 1. The van der Waals surface area contributed by atoms with E-state index in [-0.39, 0.29) is 11.8 Å². The first-order valence-corrected chi connectivity index (χ1v) is 7.63. The fourth-order valence-electron chi connectivity index (χ4n) is 2.19. The van der Waals surface area contributed by atoms with Gasteiger partial charge in [0.15, 0.2) is 0 Å². The van der Waals surface area contributed by atoms with Crippen LogP contribution in [0, 0.1) is 0 Å². The van der Waals surface area contributed by atoms with Crippen molar-refractivity contribution < 1.29 is 8.42 Å². The molecule has 0 bridgehead atoms. The maximum atomic E-state index is 11.2. The van der Waals surface area contributed by atoms with Crippen molar-refractivity contribution in [2.75, 3.05) is 31.6 Å². The van der Waals surface area contributed by atoms with Crippen molar-refractivity contribution in [3.05, 3.63) is 0 Å². The van der Waals surface area contributed by atoms with Gasteiger partial charge in [0.25, 0.3) is 0 Å². The van der Waals surface area contributed by atoms with Crippen LogP contribution < -0.4 is 5.32 Å². The second kappa shape index (κ2) is 5.27. The van der Waals surface area contributed by atoms with Crippen molar-refractivity contribution in [3.63, 3.8) is 0 Å². The molecule has 0 aromatic heterocycles. The zero-order valence-corrected chi connectivity index (χ0v) is 10.7. The Labute approximate surface area is 93.0 Å². The summed E-state index contributed by atoms with van der Waals surface area (Å²) in [6, 6.07) is 0.681. The summed E-state index contributed by atoms with van der Waals surface area (Å²) < 4.78 is 22.3. The Bertz CT molecular complexity index is 290. The summed E-state index contributed by atoms with van der Waals surface area (Å²) in [5.41, 5.74) is 0. The Balaban J connectivity index is 2.40. The van der Waals surface area contributed by atoms with Crippen molar-refractivity contribution in [2.45, 2.75) is 32.4 Å². The van der Waals surface area contributed by atoms with Crippen LogP contribution in [-0.4, -0.2) is 57.0 Å². The van der Waals surface area contributed by atoms with Gasteiger partial charge in [-0.1, -0.05) is 6.92 Å². The molecule has 90 valence electrons. The summed E-state index contributed by atoms with van der Waals surface area (Å²) in [4.78, 5) is 2.26. The molecule has 0 aromatic rings. The number of sulfone groups is 1. The molecule has 2 atom stereocenters. The van der Waals surface area contributed by atoms with E-state index in [1.54, 1.807) is 0 Å². The lowest BCUT2D eigenvalue weighted by atomic mass is 10.3. The summed E-state index contributed by atoms with van der Waals surface area (Å²) in [6.07, 6.45) is 2.43. The third-order valence-corrected chi connectivity index (χ3v) is 3.97. The van der Waals surface area contributed by atoms with E-state index in [0.717, 1.165) is 26.1 Å². The molecule has 2 unspecified atom stereocenters. The summed E-state index contributed by atoms with van der Waals surface area (Å²) >= 11 is 0. The standard InChI is InChI=1S/C10H22N2O2S/c1-4-11-10-5-6-12(7-10)9(2)8-15(3,13)14/h9-11H,4-8H2,1-3H3. The Morgan fingerprint density at radius 2 is 2.20 bits per heavy atom. The topological polar surface area (TPSA) is 49.4 Å². The number of rotatable bonds is 5. The van der Waals surface area contributed by atoms with Crippen LogP contribution in [0.3, 0.4) is 0 Å². The molecule has 1 rings (SSSR count). The quantitative estimate of drug-likeness (QED) is 0.733. The minimum Gasteiger partial charge on any atom is -0.313 e. The highest BCUT2D eigenvalue weighted by molar-refractivity contribution is 7.90. The predicted molar refractivity (Wildman–Crippen MR) is 62.8 cm³/mol. The smallest absolute Gasteiger partial charge is 0.148 e. The zero-order chi connectivity index (χ0) is 11.5. The Morgan fingerprint density at radius 3 is 2.73 bits per heavy atom. The van der Waals surface area contributed by atoms with Gasteiger partial charge in [0, 0.05) is 31.4 Å². The van der Waals surface area contributed by atoms with Gasteiger partial charge in [0.1, 0.15) is 9.84 Å². The molecule has 0 spiro atoms. The van der Waals surface area contributed by atoms with Crippen LogP contribution in [0.25, 0.3) is 0 Å².